The molecule has 72 valence electrons. The molecule has 0 saturated carbocycles. The molecule has 0 aliphatic carbocycles. The van der Waals surface area contributed by atoms with Gasteiger partial charge in [-0.05, 0) is 12.2 Å². The molecule has 0 unspecified atom stereocenters. The van der Waals surface area contributed by atoms with Gasteiger partial charge in [-0.2, -0.15) is 10.5 Å². The summed E-state index contributed by atoms with van der Waals surface area (Å²) in [4.78, 5) is 7.72. The first-order valence-corrected chi connectivity index (χ1v) is 3.87. The highest BCUT2D eigenvalue weighted by Crippen LogP contribution is 1.94. The van der Waals surface area contributed by atoms with Crippen molar-refractivity contribution in [2.24, 2.45) is 0 Å². The fourth-order valence-electron chi connectivity index (χ4n) is 0.681. The molecule has 0 atom stereocenters. The van der Waals surface area contributed by atoms with Crippen LogP contribution in [0.25, 0.3) is 9.69 Å². The van der Waals surface area contributed by atoms with Crippen LogP contribution < -0.4 is 0 Å². The summed E-state index contributed by atoms with van der Waals surface area (Å²) in [5.74, 6) is 0. The average Bonchev–Trinajstić information content (AvgIpc) is 2.25. The predicted molar refractivity (Wildman–Crippen MR) is 53.2 cm³/mol. The van der Waals surface area contributed by atoms with Crippen LogP contribution in [-0.4, -0.2) is 18.2 Å². The SMILES string of the molecule is [C-]#[N+]CN(C=CC=C(C#N)C#N)C[N+]#[C-]. The van der Waals surface area contributed by atoms with E-state index in [1.54, 1.807) is 12.1 Å². The zero-order valence-electron chi connectivity index (χ0n) is 7.88. The molecule has 5 nitrogen and oxygen atoms in total. The van der Waals surface area contributed by atoms with Crippen molar-refractivity contribution >= 4 is 0 Å². The van der Waals surface area contributed by atoms with E-state index in [1.807, 2.05) is 0 Å². The van der Waals surface area contributed by atoms with E-state index in [0.717, 1.165) is 0 Å². The van der Waals surface area contributed by atoms with Crippen LogP contribution in [0.2, 0.25) is 0 Å². The molecule has 0 spiro atoms. The minimum atomic E-state index is -0.0168. The predicted octanol–water partition coefficient (Wildman–Crippen LogP) is 1.53. The van der Waals surface area contributed by atoms with E-state index in [4.69, 9.17) is 23.7 Å². The van der Waals surface area contributed by atoms with Gasteiger partial charge in [-0.1, -0.05) is 0 Å². The molecule has 0 aromatic heterocycles. The van der Waals surface area contributed by atoms with Crippen molar-refractivity contribution in [1.82, 2.24) is 4.90 Å². The van der Waals surface area contributed by atoms with Crippen LogP contribution >= 0.6 is 0 Å². The van der Waals surface area contributed by atoms with Crippen molar-refractivity contribution in [3.05, 3.63) is 46.8 Å². The minimum absolute atomic E-state index is 0.0168. The molecule has 5 heteroatoms. The summed E-state index contributed by atoms with van der Waals surface area (Å²) in [5.41, 5.74) is -0.0168. The molecule has 0 aromatic carbocycles. The zero-order valence-corrected chi connectivity index (χ0v) is 7.88. The Bertz CT molecular complexity index is 387. The molecule has 0 bridgehead atoms. The van der Waals surface area contributed by atoms with E-state index in [0.29, 0.717) is 0 Å². The highest BCUT2D eigenvalue weighted by molar-refractivity contribution is 5.37. The lowest BCUT2D eigenvalue weighted by Gasteiger charge is -2.03. The molecule has 0 aliphatic rings. The van der Waals surface area contributed by atoms with Gasteiger partial charge in [0, 0.05) is 6.20 Å². The van der Waals surface area contributed by atoms with Crippen LogP contribution in [0, 0.1) is 35.8 Å². The molecule has 0 fully saturated rings. The summed E-state index contributed by atoms with van der Waals surface area (Å²) >= 11 is 0. The third-order valence-corrected chi connectivity index (χ3v) is 1.31. The third kappa shape index (κ3) is 5.47. The Balaban J connectivity index is 4.45. The summed E-state index contributed by atoms with van der Waals surface area (Å²) in [5, 5.41) is 16.8. The van der Waals surface area contributed by atoms with E-state index in [2.05, 4.69) is 9.69 Å². The van der Waals surface area contributed by atoms with Crippen LogP contribution in [0.1, 0.15) is 0 Å². The third-order valence-electron chi connectivity index (χ3n) is 1.31. The summed E-state index contributed by atoms with van der Waals surface area (Å²) in [6, 6.07) is 3.40. The van der Waals surface area contributed by atoms with Gasteiger partial charge in [0.2, 0.25) is 0 Å². The lowest BCUT2D eigenvalue weighted by atomic mass is 10.3. The molecule has 0 N–H and O–H groups in total. The molecule has 0 aliphatic heterocycles. The second-order valence-corrected chi connectivity index (χ2v) is 2.33. The topological polar surface area (TPSA) is 59.5 Å². The molecule has 15 heavy (non-hydrogen) atoms. The second kappa shape index (κ2) is 7.87. The summed E-state index contributed by atoms with van der Waals surface area (Å²) < 4.78 is 0. The van der Waals surface area contributed by atoms with E-state index in [9.17, 15) is 0 Å². The minimum Gasteiger partial charge on any atom is -0.293 e. The molecule has 0 aromatic rings. The maximum absolute atomic E-state index is 8.41. The summed E-state index contributed by atoms with van der Waals surface area (Å²) in [7, 11) is 0. The van der Waals surface area contributed by atoms with Crippen molar-refractivity contribution in [1.29, 1.82) is 10.5 Å². The van der Waals surface area contributed by atoms with Gasteiger partial charge in [0.15, 0.2) is 0 Å². The van der Waals surface area contributed by atoms with Gasteiger partial charge in [-0.25, -0.2) is 18.0 Å². The fourth-order valence-corrected chi connectivity index (χ4v) is 0.681. The van der Waals surface area contributed by atoms with Gasteiger partial charge in [-0.3, -0.25) is 9.69 Å². The van der Waals surface area contributed by atoms with Gasteiger partial charge in [0.1, 0.15) is 17.7 Å². The highest BCUT2D eigenvalue weighted by atomic mass is 15.2. The molecule has 0 radical (unpaired) electrons. The van der Waals surface area contributed by atoms with Crippen LogP contribution in [0.5, 0.6) is 0 Å². The maximum atomic E-state index is 8.41. The smallest absolute Gasteiger partial charge is 0.293 e. The van der Waals surface area contributed by atoms with Gasteiger partial charge >= 0.3 is 0 Å². The molecule has 0 heterocycles. The van der Waals surface area contributed by atoms with Crippen LogP contribution in [0.4, 0.5) is 0 Å². The van der Waals surface area contributed by atoms with Gasteiger partial charge < -0.3 is 0 Å². The largest absolute Gasteiger partial charge is 0.294 e. The molecule has 0 rings (SSSR count). The summed E-state index contributed by atoms with van der Waals surface area (Å²) in [6.07, 6.45) is 4.31. The lowest BCUT2D eigenvalue weighted by molar-refractivity contribution is 0.458. The quantitative estimate of drug-likeness (QED) is 0.390. The molecule has 0 saturated heterocycles. The van der Waals surface area contributed by atoms with E-state index in [1.165, 1.54) is 23.3 Å². The normalized spacial score (nSPS) is 8.00. The maximum Gasteiger partial charge on any atom is 0.294 e. The van der Waals surface area contributed by atoms with Crippen LogP contribution in [0.15, 0.2) is 23.9 Å². The monoisotopic (exact) mass is 197 g/mol. The number of hydrogen-bond acceptors (Lipinski definition) is 3. The Kier molecular flexibility index (Phi) is 6.42. The highest BCUT2D eigenvalue weighted by Gasteiger charge is 2.00. The Morgan fingerprint density at radius 1 is 1.20 bits per heavy atom. The Morgan fingerprint density at radius 3 is 2.13 bits per heavy atom. The van der Waals surface area contributed by atoms with Crippen molar-refractivity contribution in [3.8, 4) is 12.1 Å². The molecular formula is C10H7N5. The average molecular weight is 197 g/mol. The van der Waals surface area contributed by atoms with Gasteiger partial charge in [0.05, 0.1) is 0 Å². The summed E-state index contributed by atoms with van der Waals surface area (Å²) in [6.45, 7) is 13.4. The first kappa shape index (κ1) is 12.2. The van der Waals surface area contributed by atoms with Crippen LogP contribution in [-0.2, 0) is 0 Å². The number of hydrogen-bond donors (Lipinski definition) is 0. The van der Waals surface area contributed by atoms with Crippen LogP contribution in [0.3, 0.4) is 0 Å². The number of rotatable bonds is 4. The Labute approximate surface area is 88.4 Å². The van der Waals surface area contributed by atoms with E-state index < -0.39 is 0 Å². The fraction of sp³-hybridized carbons (Fsp3) is 0.200. The van der Waals surface area contributed by atoms with Crippen molar-refractivity contribution in [2.45, 2.75) is 0 Å². The van der Waals surface area contributed by atoms with Gasteiger partial charge in [-0.15, -0.1) is 0 Å². The standard InChI is InChI=1S/C10H7N5/c1-13-8-15(9-14-2)5-3-4-10(6-11)7-12/h3-5H,8-9H2. The molecular weight excluding hydrogens is 190 g/mol. The number of nitrogens with zero attached hydrogens (tertiary/aromatic N) is 5. The first-order chi connectivity index (χ1) is 7.28. The first-order valence-electron chi connectivity index (χ1n) is 3.87. The molecule has 0 amide bonds. The lowest BCUT2D eigenvalue weighted by Crippen LogP contribution is -2.14. The van der Waals surface area contributed by atoms with E-state index in [-0.39, 0.29) is 18.9 Å². The Hall–Kier alpha value is -2.76. The second-order valence-electron chi connectivity index (χ2n) is 2.33. The van der Waals surface area contributed by atoms with Crippen molar-refractivity contribution < 1.29 is 0 Å². The van der Waals surface area contributed by atoms with Crippen molar-refractivity contribution in [2.75, 3.05) is 13.3 Å². The number of nitriles is 2. The zero-order chi connectivity index (χ0) is 11.5. The number of allylic oxidation sites excluding steroid dienone is 3. The van der Waals surface area contributed by atoms with Crippen molar-refractivity contribution in [3.63, 3.8) is 0 Å². The van der Waals surface area contributed by atoms with E-state index >= 15 is 0 Å². The Morgan fingerprint density at radius 2 is 1.73 bits per heavy atom. The van der Waals surface area contributed by atoms with Gasteiger partial charge in [0.25, 0.3) is 13.3 Å².